The van der Waals surface area contributed by atoms with Crippen LogP contribution >= 0.6 is 0 Å². The second-order valence-corrected chi connectivity index (χ2v) is 6.32. The van der Waals surface area contributed by atoms with Gasteiger partial charge < -0.3 is 5.11 Å². The van der Waals surface area contributed by atoms with E-state index in [-0.39, 0.29) is 11.3 Å². The summed E-state index contributed by atoms with van der Waals surface area (Å²) < 4.78 is 26.8. The Morgan fingerprint density at radius 2 is 2.11 bits per heavy atom. The van der Waals surface area contributed by atoms with Crippen LogP contribution in [0.2, 0.25) is 0 Å². The first-order chi connectivity index (χ1) is 8.88. The molecule has 102 valence electrons. The first-order valence-corrected chi connectivity index (χ1v) is 7.37. The number of rotatable bonds is 4. The quantitative estimate of drug-likeness (QED) is 0.815. The fourth-order valence-electron chi connectivity index (χ4n) is 2.02. The maximum atomic E-state index is 12.1. The number of sulfonamides is 1. The molecule has 2 atom stereocenters. The Hall–Kier alpha value is -1.66. The second kappa shape index (κ2) is 5.14. The normalized spacial score (nSPS) is 22.6. The molecule has 0 aromatic heterocycles. The first kappa shape index (κ1) is 13.8. The predicted molar refractivity (Wildman–Crippen MR) is 70.2 cm³/mol. The van der Waals surface area contributed by atoms with E-state index in [1.165, 1.54) is 12.1 Å². The van der Waals surface area contributed by atoms with E-state index in [2.05, 4.69) is 4.72 Å². The average molecular weight is 281 g/mol. The lowest BCUT2D eigenvalue weighted by atomic mass is 10.1. The summed E-state index contributed by atoms with van der Waals surface area (Å²) in [7, 11) is -3.61. The summed E-state index contributed by atoms with van der Waals surface area (Å²) >= 11 is 0. The van der Waals surface area contributed by atoms with Gasteiger partial charge in [0.15, 0.2) is 0 Å². The lowest BCUT2D eigenvalue weighted by Crippen LogP contribution is -2.33. The number of hydrogen-bond acceptors (Lipinski definition) is 3. The molecular weight excluding hydrogens is 266 g/mol. The van der Waals surface area contributed by atoms with Gasteiger partial charge in [0.1, 0.15) is 0 Å². The Balaban J connectivity index is 2.11. The van der Waals surface area contributed by atoms with Gasteiger partial charge in [0.2, 0.25) is 10.0 Å². The molecule has 1 aromatic carbocycles. The molecule has 5 nitrogen and oxygen atoms in total. The molecule has 0 bridgehead atoms. The third kappa shape index (κ3) is 3.21. The second-order valence-electron chi connectivity index (χ2n) is 4.61. The lowest BCUT2D eigenvalue weighted by molar-refractivity contribution is -0.140. The molecule has 0 fully saturated rings. The highest BCUT2D eigenvalue weighted by Crippen LogP contribution is 2.20. The predicted octanol–water partition coefficient (Wildman–Crippen LogP) is 1.30. The molecule has 0 spiro atoms. The Kier molecular flexibility index (Phi) is 3.73. The molecule has 1 aliphatic rings. The van der Waals surface area contributed by atoms with E-state index < -0.39 is 28.0 Å². The molecule has 0 saturated heterocycles. The van der Waals surface area contributed by atoms with Crippen LogP contribution in [0.25, 0.3) is 0 Å². The number of carbonyl (C=O) groups is 1. The zero-order chi connectivity index (χ0) is 14.0. The summed E-state index contributed by atoms with van der Waals surface area (Å²) in [6.45, 7) is 1.81. The highest BCUT2D eigenvalue weighted by molar-refractivity contribution is 7.89. The standard InChI is InChI=1S/C13H15NO4S/c1-9-3-2-4-12(7-9)19(17,18)14-11-6-5-10(8-11)13(15)16/h2-7,10-11,14H,8H2,1H3,(H,15,16). The Bertz CT molecular complexity index is 621. The van der Waals surface area contributed by atoms with Crippen LogP contribution in [-0.4, -0.2) is 25.5 Å². The molecule has 2 unspecified atom stereocenters. The van der Waals surface area contributed by atoms with Gasteiger partial charge in [-0.1, -0.05) is 24.3 Å². The third-order valence-electron chi connectivity index (χ3n) is 3.01. The van der Waals surface area contributed by atoms with Crippen molar-refractivity contribution >= 4 is 16.0 Å². The number of aliphatic carboxylic acids is 1. The van der Waals surface area contributed by atoms with Crippen molar-refractivity contribution < 1.29 is 18.3 Å². The number of benzene rings is 1. The molecule has 0 heterocycles. The van der Waals surface area contributed by atoms with E-state index in [4.69, 9.17) is 5.11 Å². The molecule has 0 saturated carbocycles. The van der Waals surface area contributed by atoms with Gasteiger partial charge in [-0.25, -0.2) is 13.1 Å². The van der Waals surface area contributed by atoms with Gasteiger partial charge >= 0.3 is 5.97 Å². The van der Waals surface area contributed by atoms with Gasteiger partial charge in [-0.2, -0.15) is 0 Å². The van der Waals surface area contributed by atoms with Gasteiger partial charge in [0.05, 0.1) is 10.8 Å². The number of hydrogen-bond donors (Lipinski definition) is 2. The van der Waals surface area contributed by atoms with Crippen molar-refractivity contribution in [2.45, 2.75) is 24.3 Å². The lowest BCUT2D eigenvalue weighted by Gasteiger charge is -2.13. The van der Waals surface area contributed by atoms with Crippen LogP contribution in [0, 0.1) is 12.8 Å². The number of aryl methyl sites for hydroxylation is 1. The van der Waals surface area contributed by atoms with Gasteiger partial charge in [0.25, 0.3) is 0 Å². The molecule has 0 amide bonds. The topological polar surface area (TPSA) is 83.5 Å². The molecule has 0 aliphatic heterocycles. The minimum absolute atomic E-state index is 0.194. The van der Waals surface area contributed by atoms with Crippen molar-refractivity contribution in [2.75, 3.05) is 0 Å². The fraction of sp³-hybridized carbons (Fsp3) is 0.308. The van der Waals surface area contributed by atoms with E-state index in [0.717, 1.165) is 5.56 Å². The van der Waals surface area contributed by atoms with E-state index >= 15 is 0 Å². The van der Waals surface area contributed by atoms with E-state index in [1.54, 1.807) is 18.2 Å². The van der Waals surface area contributed by atoms with Crippen molar-refractivity contribution in [3.05, 3.63) is 42.0 Å². The zero-order valence-corrected chi connectivity index (χ0v) is 11.2. The molecule has 19 heavy (non-hydrogen) atoms. The third-order valence-corrected chi connectivity index (χ3v) is 4.49. The van der Waals surface area contributed by atoms with Crippen LogP contribution < -0.4 is 4.72 Å². The van der Waals surface area contributed by atoms with Crippen molar-refractivity contribution in [3.8, 4) is 0 Å². The van der Waals surface area contributed by atoms with Gasteiger partial charge in [-0.15, -0.1) is 0 Å². The van der Waals surface area contributed by atoms with E-state index in [9.17, 15) is 13.2 Å². The molecule has 6 heteroatoms. The van der Waals surface area contributed by atoms with Crippen molar-refractivity contribution in [1.29, 1.82) is 0 Å². The molecule has 1 aromatic rings. The van der Waals surface area contributed by atoms with Gasteiger partial charge in [-0.05, 0) is 31.0 Å². The largest absolute Gasteiger partial charge is 0.481 e. The summed E-state index contributed by atoms with van der Waals surface area (Å²) in [5, 5.41) is 8.85. The summed E-state index contributed by atoms with van der Waals surface area (Å²) in [6.07, 6.45) is 3.36. The molecular formula is C13H15NO4S. The Labute approximate surface area is 112 Å². The minimum Gasteiger partial charge on any atom is -0.481 e. The van der Waals surface area contributed by atoms with Crippen LogP contribution in [0.5, 0.6) is 0 Å². The number of carboxylic acid groups (broad SMARTS) is 1. The number of carboxylic acids is 1. The maximum absolute atomic E-state index is 12.1. The summed E-state index contributed by atoms with van der Waals surface area (Å²) in [5.41, 5.74) is 0.855. The van der Waals surface area contributed by atoms with E-state index in [0.29, 0.717) is 0 Å². The summed E-state index contributed by atoms with van der Waals surface area (Å²) in [5.74, 6) is -1.56. The van der Waals surface area contributed by atoms with Gasteiger partial charge in [0, 0.05) is 6.04 Å². The van der Waals surface area contributed by atoms with E-state index in [1.807, 2.05) is 13.0 Å². The van der Waals surface area contributed by atoms with Crippen LogP contribution in [0.3, 0.4) is 0 Å². The molecule has 2 N–H and O–H groups in total. The molecule has 1 aliphatic carbocycles. The maximum Gasteiger partial charge on any atom is 0.310 e. The average Bonchev–Trinajstić information content (AvgIpc) is 2.77. The Morgan fingerprint density at radius 3 is 2.68 bits per heavy atom. The minimum atomic E-state index is -3.61. The van der Waals surface area contributed by atoms with Crippen LogP contribution in [0.15, 0.2) is 41.3 Å². The summed E-state index contributed by atoms with van der Waals surface area (Å²) in [4.78, 5) is 11.0. The highest BCUT2D eigenvalue weighted by atomic mass is 32.2. The highest BCUT2D eigenvalue weighted by Gasteiger charge is 2.27. The van der Waals surface area contributed by atoms with Crippen molar-refractivity contribution in [3.63, 3.8) is 0 Å². The van der Waals surface area contributed by atoms with Crippen LogP contribution in [0.4, 0.5) is 0 Å². The fourth-order valence-corrected chi connectivity index (χ4v) is 3.33. The molecule has 2 rings (SSSR count). The Morgan fingerprint density at radius 1 is 1.37 bits per heavy atom. The van der Waals surface area contributed by atoms with Crippen molar-refractivity contribution in [1.82, 2.24) is 4.72 Å². The number of nitrogens with one attached hydrogen (secondary N) is 1. The smallest absolute Gasteiger partial charge is 0.310 e. The van der Waals surface area contributed by atoms with Crippen molar-refractivity contribution in [2.24, 2.45) is 5.92 Å². The van der Waals surface area contributed by atoms with Crippen LogP contribution in [0.1, 0.15) is 12.0 Å². The SMILES string of the molecule is Cc1cccc(S(=O)(=O)NC2C=CC(C(=O)O)C2)c1. The molecule has 0 radical (unpaired) electrons. The monoisotopic (exact) mass is 281 g/mol. The zero-order valence-electron chi connectivity index (χ0n) is 10.4. The summed E-state index contributed by atoms with van der Waals surface area (Å²) in [6, 6.07) is 6.12. The van der Waals surface area contributed by atoms with Gasteiger partial charge in [-0.3, -0.25) is 4.79 Å². The van der Waals surface area contributed by atoms with Crippen LogP contribution in [-0.2, 0) is 14.8 Å². The first-order valence-electron chi connectivity index (χ1n) is 5.88.